The van der Waals surface area contributed by atoms with Crippen LogP contribution in [-0.4, -0.2) is 19.0 Å². The SMILES string of the molecule is CCCOCCC1CCCC1=O. The number of rotatable bonds is 5. The molecule has 2 nitrogen and oxygen atoms in total. The molecule has 2 heteroatoms. The summed E-state index contributed by atoms with van der Waals surface area (Å²) in [5.74, 6) is 0.775. The topological polar surface area (TPSA) is 26.3 Å². The Hall–Kier alpha value is -0.370. The van der Waals surface area contributed by atoms with Crippen LogP contribution in [0.2, 0.25) is 0 Å². The van der Waals surface area contributed by atoms with Crippen molar-refractivity contribution in [2.45, 2.75) is 39.0 Å². The molecule has 1 aliphatic carbocycles. The molecule has 0 aromatic carbocycles. The maximum absolute atomic E-state index is 11.2. The van der Waals surface area contributed by atoms with Crippen molar-refractivity contribution in [3.05, 3.63) is 0 Å². The van der Waals surface area contributed by atoms with Gasteiger partial charge >= 0.3 is 0 Å². The molecular weight excluding hydrogens is 152 g/mol. The summed E-state index contributed by atoms with van der Waals surface area (Å²) in [4.78, 5) is 11.2. The van der Waals surface area contributed by atoms with Gasteiger partial charge in [0.1, 0.15) is 5.78 Å². The van der Waals surface area contributed by atoms with Gasteiger partial charge in [-0.15, -0.1) is 0 Å². The van der Waals surface area contributed by atoms with Crippen LogP contribution in [0.1, 0.15) is 39.0 Å². The molecule has 0 spiro atoms. The highest BCUT2D eigenvalue weighted by molar-refractivity contribution is 5.82. The first kappa shape index (κ1) is 9.72. The molecular formula is C10H18O2. The van der Waals surface area contributed by atoms with Crippen LogP contribution < -0.4 is 0 Å². The van der Waals surface area contributed by atoms with Gasteiger partial charge in [0.05, 0.1) is 0 Å². The quantitative estimate of drug-likeness (QED) is 0.591. The lowest BCUT2D eigenvalue weighted by atomic mass is 10.0. The number of Topliss-reactive ketones (excluding diaryl/α,β-unsaturated/α-hetero) is 1. The molecule has 0 amide bonds. The summed E-state index contributed by atoms with van der Waals surface area (Å²) in [7, 11) is 0. The van der Waals surface area contributed by atoms with E-state index in [4.69, 9.17) is 4.74 Å². The third kappa shape index (κ3) is 2.94. The fourth-order valence-corrected chi connectivity index (χ4v) is 1.67. The number of ketones is 1. The van der Waals surface area contributed by atoms with E-state index in [0.717, 1.165) is 45.3 Å². The van der Waals surface area contributed by atoms with Crippen molar-refractivity contribution < 1.29 is 9.53 Å². The zero-order valence-electron chi connectivity index (χ0n) is 7.84. The fraction of sp³-hybridized carbons (Fsp3) is 0.900. The predicted molar refractivity (Wildman–Crippen MR) is 48.1 cm³/mol. The van der Waals surface area contributed by atoms with Gasteiger partial charge in [0, 0.05) is 25.6 Å². The van der Waals surface area contributed by atoms with Gasteiger partial charge in [-0.25, -0.2) is 0 Å². The zero-order valence-corrected chi connectivity index (χ0v) is 7.84. The van der Waals surface area contributed by atoms with Crippen LogP contribution in [0.5, 0.6) is 0 Å². The van der Waals surface area contributed by atoms with Crippen molar-refractivity contribution in [3.8, 4) is 0 Å². The van der Waals surface area contributed by atoms with Crippen LogP contribution in [0.15, 0.2) is 0 Å². The summed E-state index contributed by atoms with van der Waals surface area (Å²) in [5, 5.41) is 0. The van der Waals surface area contributed by atoms with E-state index in [1.807, 2.05) is 0 Å². The van der Waals surface area contributed by atoms with Crippen LogP contribution >= 0.6 is 0 Å². The lowest BCUT2D eigenvalue weighted by molar-refractivity contribution is -0.121. The highest BCUT2D eigenvalue weighted by Gasteiger charge is 2.23. The minimum absolute atomic E-state index is 0.321. The highest BCUT2D eigenvalue weighted by Crippen LogP contribution is 2.23. The van der Waals surface area contributed by atoms with E-state index >= 15 is 0 Å². The molecule has 0 bridgehead atoms. The number of hydrogen-bond acceptors (Lipinski definition) is 2. The van der Waals surface area contributed by atoms with Crippen molar-refractivity contribution in [2.24, 2.45) is 5.92 Å². The largest absolute Gasteiger partial charge is 0.381 e. The van der Waals surface area contributed by atoms with Gasteiger partial charge in [-0.3, -0.25) is 4.79 Å². The Bertz CT molecular complexity index is 143. The van der Waals surface area contributed by atoms with E-state index in [2.05, 4.69) is 6.92 Å². The van der Waals surface area contributed by atoms with Crippen molar-refractivity contribution in [3.63, 3.8) is 0 Å². The summed E-state index contributed by atoms with van der Waals surface area (Å²) >= 11 is 0. The fourth-order valence-electron chi connectivity index (χ4n) is 1.67. The molecule has 0 heterocycles. The van der Waals surface area contributed by atoms with E-state index < -0.39 is 0 Å². The zero-order chi connectivity index (χ0) is 8.81. The molecule has 1 rings (SSSR count). The number of ether oxygens (including phenoxy) is 1. The molecule has 0 saturated heterocycles. The first-order valence-corrected chi connectivity index (χ1v) is 4.95. The maximum atomic E-state index is 11.2. The molecule has 1 aliphatic rings. The van der Waals surface area contributed by atoms with Gasteiger partial charge in [0.2, 0.25) is 0 Å². The highest BCUT2D eigenvalue weighted by atomic mass is 16.5. The molecule has 0 aromatic rings. The first-order chi connectivity index (χ1) is 5.84. The summed E-state index contributed by atoms with van der Waals surface area (Å²) < 4.78 is 5.34. The van der Waals surface area contributed by atoms with E-state index in [1.54, 1.807) is 0 Å². The molecule has 0 aromatic heterocycles. The average molecular weight is 170 g/mol. The Morgan fingerprint density at radius 1 is 1.50 bits per heavy atom. The standard InChI is InChI=1S/C10H18O2/c1-2-7-12-8-6-9-4-3-5-10(9)11/h9H,2-8H2,1H3. The van der Waals surface area contributed by atoms with Gasteiger partial charge in [-0.05, 0) is 25.7 Å². The van der Waals surface area contributed by atoms with Crippen molar-refractivity contribution in [2.75, 3.05) is 13.2 Å². The number of carbonyl (C=O) groups excluding carboxylic acids is 1. The lowest BCUT2D eigenvalue weighted by Gasteiger charge is -2.07. The van der Waals surface area contributed by atoms with E-state index in [1.165, 1.54) is 0 Å². The maximum Gasteiger partial charge on any atom is 0.136 e. The molecule has 1 atom stereocenters. The smallest absolute Gasteiger partial charge is 0.136 e. The monoisotopic (exact) mass is 170 g/mol. The minimum Gasteiger partial charge on any atom is -0.381 e. The van der Waals surface area contributed by atoms with Gasteiger partial charge in [0.15, 0.2) is 0 Å². The van der Waals surface area contributed by atoms with Gasteiger partial charge in [0.25, 0.3) is 0 Å². The van der Waals surface area contributed by atoms with E-state index in [9.17, 15) is 4.79 Å². The van der Waals surface area contributed by atoms with Crippen LogP contribution in [0.4, 0.5) is 0 Å². The van der Waals surface area contributed by atoms with Gasteiger partial charge < -0.3 is 4.74 Å². The predicted octanol–water partition coefficient (Wildman–Crippen LogP) is 2.17. The molecule has 1 fully saturated rings. The second-order valence-electron chi connectivity index (χ2n) is 3.46. The van der Waals surface area contributed by atoms with E-state index in [0.29, 0.717) is 11.7 Å². The molecule has 1 unspecified atom stereocenters. The molecule has 0 aliphatic heterocycles. The number of hydrogen-bond donors (Lipinski definition) is 0. The van der Waals surface area contributed by atoms with E-state index in [-0.39, 0.29) is 0 Å². The lowest BCUT2D eigenvalue weighted by Crippen LogP contribution is -2.09. The normalized spacial score (nSPS) is 23.4. The Labute approximate surface area is 74.3 Å². The summed E-state index contributed by atoms with van der Waals surface area (Å²) in [6.07, 6.45) is 5.00. The second kappa shape index (κ2) is 5.31. The van der Waals surface area contributed by atoms with Crippen molar-refractivity contribution in [1.82, 2.24) is 0 Å². The Kier molecular flexibility index (Phi) is 4.30. The first-order valence-electron chi connectivity index (χ1n) is 4.95. The van der Waals surface area contributed by atoms with Gasteiger partial charge in [-0.1, -0.05) is 6.92 Å². The molecule has 1 saturated carbocycles. The second-order valence-corrected chi connectivity index (χ2v) is 3.46. The number of carbonyl (C=O) groups is 1. The third-order valence-corrected chi connectivity index (χ3v) is 2.39. The molecule has 12 heavy (non-hydrogen) atoms. The summed E-state index contributed by atoms with van der Waals surface area (Å²) in [6.45, 7) is 3.70. The van der Waals surface area contributed by atoms with Crippen LogP contribution in [0.3, 0.4) is 0 Å². The Morgan fingerprint density at radius 3 is 2.92 bits per heavy atom. The third-order valence-electron chi connectivity index (χ3n) is 2.39. The van der Waals surface area contributed by atoms with Gasteiger partial charge in [-0.2, -0.15) is 0 Å². The summed E-state index contributed by atoms with van der Waals surface area (Å²) in [6, 6.07) is 0. The van der Waals surface area contributed by atoms with Crippen molar-refractivity contribution >= 4 is 5.78 Å². The summed E-state index contributed by atoms with van der Waals surface area (Å²) in [5.41, 5.74) is 0. The Morgan fingerprint density at radius 2 is 2.33 bits per heavy atom. The molecule has 0 N–H and O–H groups in total. The van der Waals surface area contributed by atoms with Crippen LogP contribution in [0.25, 0.3) is 0 Å². The Balaban J connectivity index is 2.02. The van der Waals surface area contributed by atoms with Crippen molar-refractivity contribution in [1.29, 1.82) is 0 Å². The minimum atomic E-state index is 0.321. The molecule has 70 valence electrons. The average Bonchev–Trinajstić information content (AvgIpc) is 2.46. The van der Waals surface area contributed by atoms with Crippen LogP contribution in [-0.2, 0) is 9.53 Å². The molecule has 0 radical (unpaired) electrons. The van der Waals surface area contributed by atoms with Crippen LogP contribution in [0, 0.1) is 5.92 Å².